The van der Waals surface area contributed by atoms with Gasteiger partial charge in [-0.3, -0.25) is 0 Å². The molecule has 2 rings (SSSR count). The van der Waals surface area contributed by atoms with Crippen LogP contribution in [-0.2, 0) is 6.54 Å². The zero-order valence-electron chi connectivity index (χ0n) is 12.0. The van der Waals surface area contributed by atoms with E-state index < -0.39 is 11.4 Å². The van der Waals surface area contributed by atoms with Crippen LogP contribution in [0.4, 0.5) is 4.39 Å². The maximum Gasteiger partial charge on any atom is 0.165 e. The third kappa shape index (κ3) is 3.93. The number of halogens is 1. The van der Waals surface area contributed by atoms with Crippen molar-refractivity contribution in [2.45, 2.75) is 51.2 Å². The molecule has 0 bridgehead atoms. The fourth-order valence-corrected chi connectivity index (χ4v) is 2.90. The molecule has 4 heteroatoms. The molecule has 0 saturated heterocycles. The van der Waals surface area contributed by atoms with Gasteiger partial charge in [0.25, 0.3) is 0 Å². The van der Waals surface area contributed by atoms with Gasteiger partial charge in [-0.2, -0.15) is 0 Å². The lowest BCUT2D eigenvalue weighted by Gasteiger charge is -2.36. The molecule has 0 atom stereocenters. The number of hydrogen-bond acceptors (Lipinski definition) is 3. The Bertz CT molecular complexity index is 442. The van der Waals surface area contributed by atoms with E-state index in [9.17, 15) is 9.50 Å². The minimum absolute atomic E-state index is 0.328. The van der Waals surface area contributed by atoms with Crippen LogP contribution >= 0.6 is 0 Å². The number of rotatable bonds is 5. The van der Waals surface area contributed by atoms with E-state index in [-0.39, 0.29) is 5.75 Å². The van der Waals surface area contributed by atoms with Crippen molar-refractivity contribution < 1.29 is 14.6 Å². The standard InChI is InChI=1S/C16H24FNO2/c1-2-12-5-7-16(20,8-6-12)11-18-10-13-3-4-15(19)14(17)9-13/h3-4,9,12,18-20H,2,5-8,10-11H2,1H3. The molecule has 0 aromatic heterocycles. The third-order valence-corrected chi connectivity index (χ3v) is 4.41. The van der Waals surface area contributed by atoms with Crippen molar-refractivity contribution in [3.63, 3.8) is 0 Å². The second-order valence-corrected chi connectivity index (χ2v) is 5.97. The van der Waals surface area contributed by atoms with E-state index in [1.807, 2.05) is 0 Å². The van der Waals surface area contributed by atoms with Crippen molar-refractivity contribution in [2.75, 3.05) is 6.54 Å². The highest BCUT2D eigenvalue weighted by molar-refractivity contribution is 5.27. The Morgan fingerprint density at radius 3 is 2.65 bits per heavy atom. The van der Waals surface area contributed by atoms with Crippen molar-refractivity contribution in [2.24, 2.45) is 5.92 Å². The summed E-state index contributed by atoms with van der Waals surface area (Å²) in [7, 11) is 0. The second kappa shape index (κ2) is 6.55. The predicted molar refractivity (Wildman–Crippen MR) is 77.0 cm³/mol. The molecule has 1 aromatic carbocycles. The first-order chi connectivity index (χ1) is 9.52. The van der Waals surface area contributed by atoms with Crippen LogP contribution in [-0.4, -0.2) is 22.4 Å². The van der Waals surface area contributed by atoms with E-state index in [1.165, 1.54) is 18.6 Å². The maximum atomic E-state index is 13.2. The number of benzene rings is 1. The van der Waals surface area contributed by atoms with Crippen molar-refractivity contribution >= 4 is 0 Å². The van der Waals surface area contributed by atoms with Crippen LogP contribution in [0.3, 0.4) is 0 Å². The van der Waals surface area contributed by atoms with Crippen LogP contribution in [0, 0.1) is 11.7 Å². The number of nitrogens with one attached hydrogen (secondary N) is 1. The van der Waals surface area contributed by atoms with Crippen molar-refractivity contribution in [3.8, 4) is 5.75 Å². The number of hydrogen-bond donors (Lipinski definition) is 3. The van der Waals surface area contributed by atoms with Gasteiger partial charge in [0, 0.05) is 13.1 Å². The van der Waals surface area contributed by atoms with E-state index in [0.717, 1.165) is 37.2 Å². The lowest BCUT2D eigenvalue weighted by Crippen LogP contribution is -2.43. The van der Waals surface area contributed by atoms with Gasteiger partial charge in [0.2, 0.25) is 0 Å². The van der Waals surface area contributed by atoms with E-state index in [1.54, 1.807) is 6.07 Å². The average Bonchev–Trinajstić information content (AvgIpc) is 2.44. The van der Waals surface area contributed by atoms with Gasteiger partial charge >= 0.3 is 0 Å². The molecule has 1 fully saturated rings. The summed E-state index contributed by atoms with van der Waals surface area (Å²) >= 11 is 0. The first-order valence-electron chi connectivity index (χ1n) is 7.43. The van der Waals surface area contributed by atoms with Crippen LogP contribution in [0.1, 0.15) is 44.6 Å². The molecule has 3 N–H and O–H groups in total. The summed E-state index contributed by atoms with van der Waals surface area (Å²) < 4.78 is 13.2. The molecule has 1 aliphatic rings. The Balaban J connectivity index is 1.79. The quantitative estimate of drug-likeness (QED) is 0.778. The molecule has 0 spiro atoms. The number of phenolic OH excluding ortho intramolecular Hbond substituents is 1. The van der Waals surface area contributed by atoms with Gasteiger partial charge in [-0.15, -0.1) is 0 Å². The Kier molecular flexibility index (Phi) is 5.00. The van der Waals surface area contributed by atoms with Gasteiger partial charge in [-0.05, 0) is 49.3 Å². The van der Waals surface area contributed by atoms with Crippen LogP contribution < -0.4 is 5.32 Å². The molecule has 0 unspecified atom stereocenters. The topological polar surface area (TPSA) is 52.5 Å². The lowest BCUT2D eigenvalue weighted by atomic mass is 9.78. The maximum absolute atomic E-state index is 13.2. The third-order valence-electron chi connectivity index (χ3n) is 4.41. The Hall–Kier alpha value is -1.13. The van der Waals surface area contributed by atoms with Gasteiger partial charge in [0.1, 0.15) is 0 Å². The Morgan fingerprint density at radius 1 is 1.35 bits per heavy atom. The fraction of sp³-hybridized carbons (Fsp3) is 0.625. The summed E-state index contributed by atoms with van der Waals surface area (Å²) in [6.45, 7) is 3.23. The van der Waals surface area contributed by atoms with E-state index in [4.69, 9.17) is 5.11 Å². The summed E-state index contributed by atoms with van der Waals surface area (Å²) in [6.07, 6.45) is 5.03. The Labute approximate surface area is 119 Å². The van der Waals surface area contributed by atoms with Crippen molar-refractivity contribution in [1.82, 2.24) is 5.32 Å². The highest BCUT2D eigenvalue weighted by Crippen LogP contribution is 2.33. The largest absolute Gasteiger partial charge is 0.505 e. The van der Waals surface area contributed by atoms with Gasteiger partial charge in [-0.1, -0.05) is 19.4 Å². The van der Waals surface area contributed by atoms with Gasteiger partial charge in [0.15, 0.2) is 11.6 Å². The van der Waals surface area contributed by atoms with Crippen molar-refractivity contribution in [1.29, 1.82) is 0 Å². The molecule has 0 radical (unpaired) electrons. The summed E-state index contributed by atoms with van der Waals surface area (Å²) in [4.78, 5) is 0. The molecule has 1 saturated carbocycles. The average molecular weight is 281 g/mol. The first-order valence-corrected chi connectivity index (χ1v) is 7.43. The minimum atomic E-state index is -0.624. The monoisotopic (exact) mass is 281 g/mol. The molecule has 0 amide bonds. The number of phenols is 1. The summed E-state index contributed by atoms with van der Waals surface area (Å²) in [5.41, 5.74) is 0.146. The van der Waals surface area contributed by atoms with Gasteiger partial charge < -0.3 is 15.5 Å². The second-order valence-electron chi connectivity index (χ2n) is 5.97. The fourth-order valence-electron chi connectivity index (χ4n) is 2.90. The molecule has 3 nitrogen and oxygen atoms in total. The zero-order chi connectivity index (χ0) is 14.6. The predicted octanol–water partition coefficient (Wildman–Crippen LogP) is 2.95. The molecular weight excluding hydrogens is 257 g/mol. The van der Waals surface area contributed by atoms with Crippen LogP contribution in [0.2, 0.25) is 0 Å². The molecule has 1 aromatic rings. The summed E-state index contributed by atoms with van der Waals surface area (Å²) in [5.74, 6) is -0.182. The molecule has 20 heavy (non-hydrogen) atoms. The van der Waals surface area contributed by atoms with Crippen molar-refractivity contribution in [3.05, 3.63) is 29.6 Å². The smallest absolute Gasteiger partial charge is 0.165 e. The highest BCUT2D eigenvalue weighted by atomic mass is 19.1. The highest BCUT2D eigenvalue weighted by Gasteiger charge is 2.31. The first kappa shape index (κ1) is 15.3. The van der Waals surface area contributed by atoms with Crippen LogP contribution in [0.15, 0.2) is 18.2 Å². The van der Waals surface area contributed by atoms with Crippen LogP contribution in [0.5, 0.6) is 5.75 Å². The Morgan fingerprint density at radius 2 is 2.05 bits per heavy atom. The number of aromatic hydroxyl groups is 1. The molecule has 112 valence electrons. The summed E-state index contributed by atoms with van der Waals surface area (Å²) in [6, 6.07) is 4.36. The van der Waals surface area contributed by atoms with E-state index in [0.29, 0.717) is 13.1 Å². The van der Waals surface area contributed by atoms with E-state index in [2.05, 4.69) is 12.2 Å². The normalized spacial score (nSPS) is 26.6. The van der Waals surface area contributed by atoms with Crippen LogP contribution in [0.25, 0.3) is 0 Å². The number of aliphatic hydroxyl groups is 1. The molecular formula is C16H24FNO2. The zero-order valence-corrected chi connectivity index (χ0v) is 12.0. The van der Waals surface area contributed by atoms with Gasteiger partial charge in [-0.25, -0.2) is 4.39 Å². The minimum Gasteiger partial charge on any atom is -0.505 e. The SMILES string of the molecule is CCC1CCC(O)(CNCc2ccc(O)c(F)c2)CC1. The summed E-state index contributed by atoms with van der Waals surface area (Å²) in [5, 5.41) is 22.8. The molecule has 0 aliphatic heterocycles. The van der Waals surface area contributed by atoms with Gasteiger partial charge in [0.05, 0.1) is 5.60 Å². The molecule has 0 heterocycles. The molecule has 1 aliphatic carbocycles. The van der Waals surface area contributed by atoms with E-state index >= 15 is 0 Å². The lowest BCUT2D eigenvalue weighted by molar-refractivity contribution is -0.00881.